The molecule has 0 radical (unpaired) electrons. The Labute approximate surface area is 145 Å². The van der Waals surface area contributed by atoms with E-state index in [-0.39, 0.29) is 0 Å². The molecule has 0 aliphatic rings. The zero-order valence-corrected chi connectivity index (χ0v) is 15.0. The van der Waals surface area contributed by atoms with Crippen molar-refractivity contribution in [2.45, 2.75) is 39.7 Å². The lowest BCUT2D eigenvalue weighted by atomic mass is 10.1. The number of guanidine groups is 1. The molecule has 0 aliphatic carbocycles. The monoisotopic (exact) mass is 327 g/mol. The van der Waals surface area contributed by atoms with Crippen molar-refractivity contribution >= 4 is 5.96 Å². The molecule has 1 heterocycles. The molecule has 5 nitrogen and oxygen atoms in total. The van der Waals surface area contributed by atoms with Gasteiger partial charge in [-0.15, -0.1) is 0 Å². The van der Waals surface area contributed by atoms with Gasteiger partial charge in [-0.25, -0.2) is 0 Å². The standard InChI is InChI=1S/C19H29N5/c1-16-15-17(2)24(23-16)14-8-13-22-19(20-3)21-12-7-11-18-9-5-4-6-10-18/h4-6,9-10,15H,7-8,11-14H2,1-3H3,(H2,20,21,22). The minimum Gasteiger partial charge on any atom is -0.356 e. The third-order valence-corrected chi connectivity index (χ3v) is 3.94. The molecule has 1 aromatic heterocycles. The molecule has 0 atom stereocenters. The van der Waals surface area contributed by atoms with E-state index in [2.05, 4.69) is 68.7 Å². The maximum Gasteiger partial charge on any atom is 0.190 e. The Morgan fingerprint density at radius 3 is 2.42 bits per heavy atom. The predicted octanol–water partition coefficient (Wildman–Crippen LogP) is 2.69. The first-order valence-electron chi connectivity index (χ1n) is 8.68. The summed E-state index contributed by atoms with van der Waals surface area (Å²) >= 11 is 0. The highest BCUT2D eigenvalue weighted by Gasteiger charge is 2.01. The van der Waals surface area contributed by atoms with Crippen LogP contribution in [0.3, 0.4) is 0 Å². The molecule has 0 unspecified atom stereocenters. The molecule has 0 saturated heterocycles. The highest BCUT2D eigenvalue weighted by atomic mass is 15.3. The summed E-state index contributed by atoms with van der Waals surface area (Å²) in [6.07, 6.45) is 3.20. The van der Waals surface area contributed by atoms with E-state index >= 15 is 0 Å². The van der Waals surface area contributed by atoms with E-state index in [9.17, 15) is 0 Å². The first kappa shape index (κ1) is 18.0. The van der Waals surface area contributed by atoms with Crippen molar-refractivity contribution in [1.82, 2.24) is 20.4 Å². The van der Waals surface area contributed by atoms with Gasteiger partial charge in [-0.1, -0.05) is 30.3 Å². The lowest BCUT2D eigenvalue weighted by Crippen LogP contribution is -2.38. The average Bonchev–Trinajstić information content (AvgIpc) is 2.92. The maximum absolute atomic E-state index is 4.48. The molecule has 24 heavy (non-hydrogen) atoms. The largest absolute Gasteiger partial charge is 0.356 e. The molecule has 0 amide bonds. The maximum atomic E-state index is 4.48. The predicted molar refractivity (Wildman–Crippen MR) is 100 cm³/mol. The van der Waals surface area contributed by atoms with Crippen LogP contribution < -0.4 is 10.6 Å². The topological polar surface area (TPSA) is 54.2 Å². The van der Waals surface area contributed by atoms with Crippen LogP contribution in [-0.4, -0.2) is 35.9 Å². The molecule has 0 bridgehead atoms. The molecule has 1 aromatic carbocycles. The second-order valence-electron chi connectivity index (χ2n) is 6.02. The molecule has 0 saturated carbocycles. The Kier molecular flexibility index (Phi) is 7.33. The van der Waals surface area contributed by atoms with Crippen molar-refractivity contribution in [3.63, 3.8) is 0 Å². The Morgan fingerprint density at radius 1 is 1.08 bits per heavy atom. The lowest BCUT2D eigenvalue weighted by molar-refractivity contribution is 0.555. The van der Waals surface area contributed by atoms with E-state index in [1.807, 2.05) is 14.0 Å². The van der Waals surface area contributed by atoms with Gasteiger partial charge in [0.05, 0.1) is 5.69 Å². The van der Waals surface area contributed by atoms with Crippen LogP contribution in [0.25, 0.3) is 0 Å². The van der Waals surface area contributed by atoms with E-state index in [1.165, 1.54) is 11.3 Å². The molecule has 2 N–H and O–H groups in total. The van der Waals surface area contributed by atoms with Gasteiger partial charge in [-0.05, 0) is 44.7 Å². The van der Waals surface area contributed by atoms with Crippen LogP contribution >= 0.6 is 0 Å². The first-order valence-corrected chi connectivity index (χ1v) is 8.68. The smallest absolute Gasteiger partial charge is 0.190 e. The Balaban J connectivity index is 1.59. The van der Waals surface area contributed by atoms with Crippen LogP contribution in [0.15, 0.2) is 41.4 Å². The third-order valence-electron chi connectivity index (χ3n) is 3.94. The fourth-order valence-corrected chi connectivity index (χ4v) is 2.70. The van der Waals surface area contributed by atoms with Gasteiger partial charge in [0.2, 0.25) is 0 Å². The van der Waals surface area contributed by atoms with Crippen molar-refractivity contribution in [1.29, 1.82) is 0 Å². The van der Waals surface area contributed by atoms with Gasteiger partial charge in [0.25, 0.3) is 0 Å². The van der Waals surface area contributed by atoms with Gasteiger partial charge in [0.15, 0.2) is 5.96 Å². The van der Waals surface area contributed by atoms with Crippen molar-refractivity contribution < 1.29 is 0 Å². The number of hydrogen-bond acceptors (Lipinski definition) is 2. The van der Waals surface area contributed by atoms with Gasteiger partial charge in [0, 0.05) is 32.4 Å². The number of nitrogens with one attached hydrogen (secondary N) is 2. The zero-order valence-electron chi connectivity index (χ0n) is 15.0. The summed E-state index contributed by atoms with van der Waals surface area (Å²) in [6, 6.07) is 12.7. The third kappa shape index (κ3) is 6.07. The fraction of sp³-hybridized carbons (Fsp3) is 0.474. The van der Waals surface area contributed by atoms with Gasteiger partial charge in [-0.3, -0.25) is 9.67 Å². The minimum absolute atomic E-state index is 0.872. The second kappa shape index (κ2) is 9.75. The summed E-state index contributed by atoms with van der Waals surface area (Å²) < 4.78 is 2.06. The average molecular weight is 327 g/mol. The van der Waals surface area contributed by atoms with E-state index in [1.54, 1.807) is 0 Å². The number of aliphatic imine (C=N–C) groups is 1. The molecule has 130 valence electrons. The lowest BCUT2D eigenvalue weighted by Gasteiger charge is -2.12. The molecule has 0 fully saturated rings. The number of aromatic nitrogens is 2. The number of nitrogens with zero attached hydrogens (tertiary/aromatic N) is 3. The van der Waals surface area contributed by atoms with Crippen molar-refractivity contribution in [2.24, 2.45) is 4.99 Å². The second-order valence-corrected chi connectivity index (χ2v) is 6.02. The van der Waals surface area contributed by atoms with E-state index in [0.717, 1.165) is 50.6 Å². The van der Waals surface area contributed by atoms with Crippen LogP contribution in [0.1, 0.15) is 29.8 Å². The molecule has 0 aliphatic heterocycles. The highest BCUT2D eigenvalue weighted by Crippen LogP contribution is 2.02. The summed E-state index contributed by atoms with van der Waals surface area (Å²) in [4.78, 5) is 4.27. The Hall–Kier alpha value is -2.30. The number of benzene rings is 1. The summed E-state index contributed by atoms with van der Waals surface area (Å²) in [5, 5.41) is 11.2. The molecular weight excluding hydrogens is 298 g/mol. The minimum atomic E-state index is 0.872. The van der Waals surface area contributed by atoms with Gasteiger partial charge in [0.1, 0.15) is 0 Å². The van der Waals surface area contributed by atoms with Crippen molar-refractivity contribution in [3.05, 3.63) is 53.3 Å². The summed E-state index contributed by atoms with van der Waals surface area (Å²) in [7, 11) is 1.81. The van der Waals surface area contributed by atoms with E-state index in [4.69, 9.17) is 0 Å². The summed E-state index contributed by atoms with van der Waals surface area (Å²) in [5.41, 5.74) is 3.68. The van der Waals surface area contributed by atoms with E-state index in [0.29, 0.717) is 0 Å². The van der Waals surface area contributed by atoms with Crippen LogP contribution in [-0.2, 0) is 13.0 Å². The van der Waals surface area contributed by atoms with Gasteiger partial charge >= 0.3 is 0 Å². The quantitative estimate of drug-likeness (QED) is 0.445. The SMILES string of the molecule is CN=C(NCCCc1ccccc1)NCCCn1nc(C)cc1C. The number of aryl methyl sites for hydroxylation is 4. The summed E-state index contributed by atoms with van der Waals surface area (Å²) in [5.74, 6) is 0.872. The van der Waals surface area contributed by atoms with Crippen molar-refractivity contribution in [3.8, 4) is 0 Å². The van der Waals surface area contributed by atoms with Crippen molar-refractivity contribution in [2.75, 3.05) is 20.1 Å². The zero-order chi connectivity index (χ0) is 17.2. The van der Waals surface area contributed by atoms with Crippen LogP contribution in [0.5, 0.6) is 0 Å². The van der Waals surface area contributed by atoms with E-state index < -0.39 is 0 Å². The molecular formula is C19H29N5. The van der Waals surface area contributed by atoms with Crippen LogP contribution in [0.2, 0.25) is 0 Å². The van der Waals surface area contributed by atoms with Crippen LogP contribution in [0, 0.1) is 13.8 Å². The molecule has 2 rings (SSSR count). The van der Waals surface area contributed by atoms with Gasteiger partial charge < -0.3 is 10.6 Å². The highest BCUT2D eigenvalue weighted by molar-refractivity contribution is 5.79. The first-order chi connectivity index (χ1) is 11.7. The number of hydrogen-bond donors (Lipinski definition) is 2. The Morgan fingerprint density at radius 2 is 1.79 bits per heavy atom. The summed E-state index contributed by atoms with van der Waals surface area (Å²) in [6.45, 7) is 6.87. The Bertz CT molecular complexity index is 630. The fourth-order valence-electron chi connectivity index (χ4n) is 2.70. The van der Waals surface area contributed by atoms with Gasteiger partial charge in [-0.2, -0.15) is 5.10 Å². The number of rotatable bonds is 8. The molecule has 0 spiro atoms. The molecule has 5 heteroatoms. The molecule has 2 aromatic rings. The normalized spacial score (nSPS) is 11.5. The van der Waals surface area contributed by atoms with Crippen LogP contribution in [0.4, 0.5) is 0 Å².